The molecule has 1 rings (SSSR count). The molecule has 0 amide bonds. The molecule has 0 aromatic carbocycles. The molecule has 0 spiro atoms. The van der Waals surface area contributed by atoms with Crippen molar-refractivity contribution in [3.05, 3.63) is 0 Å². The lowest BCUT2D eigenvalue weighted by molar-refractivity contribution is 0.312. The number of rotatable bonds is 5. The van der Waals surface area contributed by atoms with Crippen LogP contribution < -0.4 is 5.32 Å². The van der Waals surface area contributed by atoms with Crippen LogP contribution in [0.1, 0.15) is 46.5 Å². The second-order valence-electron chi connectivity index (χ2n) is 4.70. The molecule has 1 saturated carbocycles. The molecule has 1 fully saturated rings. The zero-order chi connectivity index (χ0) is 9.19. The van der Waals surface area contributed by atoms with Gasteiger partial charge in [-0.25, -0.2) is 0 Å². The first-order valence-electron chi connectivity index (χ1n) is 5.31. The highest BCUT2D eigenvalue weighted by molar-refractivity contribution is 4.95. The molecular weight excluding hydrogens is 146 g/mol. The fraction of sp³-hybridized carbons (Fsp3) is 1.00. The summed E-state index contributed by atoms with van der Waals surface area (Å²) in [5, 5.41) is 3.43. The van der Waals surface area contributed by atoms with Crippen LogP contribution in [0.3, 0.4) is 0 Å². The molecule has 0 heterocycles. The Balaban J connectivity index is 2.37. The van der Waals surface area contributed by atoms with E-state index in [2.05, 4.69) is 33.1 Å². The van der Waals surface area contributed by atoms with Gasteiger partial charge < -0.3 is 5.32 Å². The van der Waals surface area contributed by atoms with Gasteiger partial charge in [0, 0.05) is 6.04 Å². The number of nitrogens with one attached hydrogen (secondary N) is 1. The van der Waals surface area contributed by atoms with Crippen molar-refractivity contribution in [2.24, 2.45) is 11.3 Å². The molecule has 1 heteroatoms. The van der Waals surface area contributed by atoms with Gasteiger partial charge in [-0.3, -0.25) is 0 Å². The highest BCUT2D eigenvalue weighted by Crippen LogP contribution is 2.52. The number of hydrogen-bond donors (Lipinski definition) is 1. The molecule has 0 aliphatic heterocycles. The van der Waals surface area contributed by atoms with Crippen LogP contribution in [-0.4, -0.2) is 13.1 Å². The average Bonchev–Trinajstić information content (AvgIpc) is 2.80. The van der Waals surface area contributed by atoms with Gasteiger partial charge in [-0.15, -0.1) is 0 Å². The average molecular weight is 169 g/mol. The van der Waals surface area contributed by atoms with Gasteiger partial charge in [0.1, 0.15) is 0 Å². The van der Waals surface area contributed by atoms with Crippen LogP contribution in [0.5, 0.6) is 0 Å². The Morgan fingerprint density at radius 3 is 2.17 bits per heavy atom. The molecular formula is C11H23N. The summed E-state index contributed by atoms with van der Waals surface area (Å²) in [4.78, 5) is 0. The minimum Gasteiger partial charge on any atom is -0.317 e. The summed E-state index contributed by atoms with van der Waals surface area (Å²) in [6, 6.07) is 0.729. The highest BCUT2D eigenvalue weighted by atomic mass is 14.9. The first kappa shape index (κ1) is 10.0. The molecule has 1 atom stereocenters. The second kappa shape index (κ2) is 3.78. The first-order valence-corrected chi connectivity index (χ1v) is 5.31. The second-order valence-corrected chi connectivity index (χ2v) is 4.70. The van der Waals surface area contributed by atoms with Gasteiger partial charge in [-0.2, -0.15) is 0 Å². The van der Waals surface area contributed by atoms with Crippen LogP contribution in [0.15, 0.2) is 0 Å². The Labute approximate surface area is 76.9 Å². The van der Waals surface area contributed by atoms with E-state index in [-0.39, 0.29) is 0 Å². The van der Waals surface area contributed by atoms with Crippen molar-refractivity contribution in [2.75, 3.05) is 7.05 Å². The Bertz CT molecular complexity index is 136. The molecule has 12 heavy (non-hydrogen) atoms. The summed E-state index contributed by atoms with van der Waals surface area (Å²) in [5.74, 6) is 0.777. The fourth-order valence-electron chi connectivity index (χ4n) is 2.02. The van der Waals surface area contributed by atoms with E-state index < -0.39 is 0 Å². The molecule has 0 aromatic rings. The van der Waals surface area contributed by atoms with Crippen LogP contribution in [0.2, 0.25) is 0 Å². The summed E-state index contributed by atoms with van der Waals surface area (Å²) in [7, 11) is 2.09. The Morgan fingerprint density at radius 2 is 1.92 bits per heavy atom. The van der Waals surface area contributed by atoms with Crippen molar-refractivity contribution in [3.63, 3.8) is 0 Å². The topological polar surface area (TPSA) is 12.0 Å². The van der Waals surface area contributed by atoms with Gasteiger partial charge in [0.05, 0.1) is 0 Å². The fourth-order valence-corrected chi connectivity index (χ4v) is 2.02. The Hall–Kier alpha value is -0.0400. The largest absolute Gasteiger partial charge is 0.317 e. The third-order valence-electron chi connectivity index (χ3n) is 3.54. The van der Waals surface area contributed by atoms with E-state index in [0.717, 1.165) is 17.4 Å². The summed E-state index contributed by atoms with van der Waals surface area (Å²) in [6.45, 7) is 6.96. The van der Waals surface area contributed by atoms with Gasteiger partial charge in [0.25, 0.3) is 0 Å². The first-order chi connectivity index (χ1) is 5.63. The standard InChI is InChI=1S/C11H23N/c1-5-11(6-7-11)8-10(12-4)9(2)3/h9-10,12H,5-8H2,1-4H3. The highest BCUT2D eigenvalue weighted by Gasteiger charge is 2.42. The van der Waals surface area contributed by atoms with Crippen LogP contribution in [0, 0.1) is 11.3 Å². The van der Waals surface area contributed by atoms with Gasteiger partial charge in [0.15, 0.2) is 0 Å². The van der Waals surface area contributed by atoms with Gasteiger partial charge in [0.2, 0.25) is 0 Å². The van der Waals surface area contributed by atoms with E-state index in [1.165, 1.54) is 25.7 Å². The maximum atomic E-state index is 3.43. The molecule has 1 aliphatic rings. The van der Waals surface area contributed by atoms with Crippen LogP contribution >= 0.6 is 0 Å². The van der Waals surface area contributed by atoms with Gasteiger partial charge in [-0.1, -0.05) is 27.2 Å². The quantitative estimate of drug-likeness (QED) is 0.667. The molecule has 72 valence electrons. The lowest BCUT2D eigenvalue weighted by Crippen LogP contribution is -2.33. The normalized spacial score (nSPS) is 22.8. The maximum absolute atomic E-state index is 3.43. The van der Waals surface area contributed by atoms with E-state index in [9.17, 15) is 0 Å². The van der Waals surface area contributed by atoms with E-state index in [4.69, 9.17) is 0 Å². The van der Waals surface area contributed by atoms with Crippen LogP contribution in [0.25, 0.3) is 0 Å². The molecule has 0 bridgehead atoms. The third kappa shape index (κ3) is 2.22. The van der Waals surface area contributed by atoms with Crippen molar-refractivity contribution in [3.8, 4) is 0 Å². The predicted octanol–water partition coefficient (Wildman–Crippen LogP) is 2.81. The molecule has 0 aromatic heterocycles. The Morgan fingerprint density at radius 1 is 1.33 bits per heavy atom. The van der Waals surface area contributed by atoms with E-state index in [1.807, 2.05) is 0 Å². The summed E-state index contributed by atoms with van der Waals surface area (Å²) in [5.41, 5.74) is 0.734. The van der Waals surface area contributed by atoms with E-state index >= 15 is 0 Å². The van der Waals surface area contributed by atoms with Crippen molar-refractivity contribution in [2.45, 2.75) is 52.5 Å². The number of hydrogen-bond acceptors (Lipinski definition) is 1. The molecule has 0 saturated heterocycles. The van der Waals surface area contributed by atoms with Crippen molar-refractivity contribution < 1.29 is 0 Å². The minimum absolute atomic E-state index is 0.729. The lowest BCUT2D eigenvalue weighted by atomic mass is 9.89. The maximum Gasteiger partial charge on any atom is 0.00923 e. The van der Waals surface area contributed by atoms with Crippen LogP contribution in [-0.2, 0) is 0 Å². The van der Waals surface area contributed by atoms with Gasteiger partial charge >= 0.3 is 0 Å². The van der Waals surface area contributed by atoms with Crippen molar-refractivity contribution in [1.29, 1.82) is 0 Å². The molecule has 1 aliphatic carbocycles. The predicted molar refractivity (Wildman–Crippen MR) is 54.3 cm³/mol. The van der Waals surface area contributed by atoms with Crippen molar-refractivity contribution >= 4 is 0 Å². The van der Waals surface area contributed by atoms with E-state index in [1.54, 1.807) is 0 Å². The third-order valence-corrected chi connectivity index (χ3v) is 3.54. The monoisotopic (exact) mass is 169 g/mol. The summed E-state index contributed by atoms with van der Waals surface area (Å²) >= 11 is 0. The minimum atomic E-state index is 0.729. The van der Waals surface area contributed by atoms with E-state index in [0.29, 0.717) is 0 Å². The molecule has 1 unspecified atom stereocenters. The summed E-state index contributed by atoms with van der Waals surface area (Å²) < 4.78 is 0. The molecule has 1 N–H and O–H groups in total. The smallest absolute Gasteiger partial charge is 0.00923 e. The molecule has 1 nitrogen and oxygen atoms in total. The zero-order valence-electron chi connectivity index (χ0n) is 8.98. The Kier molecular flexibility index (Phi) is 3.16. The molecule has 0 radical (unpaired) electrons. The van der Waals surface area contributed by atoms with Crippen LogP contribution in [0.4, 0.5) is 0 Å². The lowest BCUT2D eigenvalue weighted by Gasteiger charge is -2.25. The van der Waals surface area contributed by atoms with Gasteiger partial charge in [-0.05, 0) is 37.6 Å². The summed E-state index contributed by atoms with van der Waals surface area (Å²) in [6.07, 6.45) is 5.69. The SMILES string of the molecule is CCC1(CC(NC)C(C)C)CC1. The van der Waals surface area contributed by atoms with Crippen molar-refractivity contribution in [1.82, 2.24) is 5.32 Å². The zero-order valence-corrected chi connectivity index (χ0v) is 8.98.